The molecule has 0 aromatic carbocycles. The summed E-state index contributed by atoms with van der Waals surface area (Å²) in [5.74, 6) is 0. The first-order valence-electron chi connectivity index (χ1n) is 3.38. The van der Waals surface area contributed by atoms with Crippen LogP contribution < -0.4 is 0 Å². The second-order valence-electron chi connectivity index (χ2n) is 1.35. The van der Waals surface area contributed by atoms with Crippen molar-refractivity contribution >= 4 is 0 Å². The lowest BCUT2D eigenvalue weighted by molar-refractivity contribution is 0.260. The van der Waals surface area contributed by atoms with Crippen molar-refractivity contribution in [2.45, 2.75) is 20.4 Å². The fourth-order valence-electron chi connectivity index (χ4n) is 0.448. The Morgan fingerprint density at radius 1 is 1.30 bits per heavy atom. The highest BCUT2D eigenvalue weighted by molar-refractivity contribution is 4.59. The molecular weight excluding hydrogens is 130 g/mol. The molecule has 0 amide bonds. The highest BCUT2D eigenvalue weighted by atomic mass is 16.3. The van der Waals surface area contributed by atoms with Gasteiger partial charge in [-0.25, -0.2) is 0 Å². The van der Waals surface area contributed by atoms with E-state index in [2.05, 4.69) is 10.2 Å². The van der Waals surface area contributed by atoms with Crippen molar-refractivity contribution in [2.75, 3.05) is 6.61 Å². The van der Waals surface area contributed by atoms with Gasteiger partial charge in [-0.1, -0.05) is 13.8 Å². The van der Waals surface area contributed by atoms with Gasteiger partial charge in [0, 0.05) is 0 Å². The fourth-order valence-corrected chi connectivity index (χ4v) is 0.448. The van der Waals surface area contributed by atoms with E-state index >= 15 is 0 Å². The molecule has 58 valence electrons. The highest BCUT2D eigenvalue weighted by Crippen LogP contribution is 1.74. The van der Waals surface area contributed by atoms with E-state index in [0.717, 1.165) is 0 Å². The summed E-state index contributed by atoms with van der Waals surface area (Å²) in [6, 6.07) is 0. The molecule has 0 unspecified atom stereocenters. The zero-order valence-electron chi connectivity index (χ0n) is 6.36. The second kappa shape index (κ2) is 6.22. The first kappa shape index (κ1) is 9.10. The van der Waals surface area contributed by atoms with Crippen LogP contribution in [0.2, 0.25) is 0 Å². The normalized spacial score (nSPS) is 8.30. The molecule has 0 bridgehead atoms. The molecule has 1 aromatic rings. The van der Waals surface area contributed by atoms with Gasteiger partial charge < -0.3 is 5.11 Å². The number of aliphatic hydroxyl groups is 1. The van der Waals surface area contributed by atoms with Gasteiger partial charge in [0.2, 0.25) is 0 Å². The third-order valence-electron chi connectivity index (χ3n) is 0.767. The predicted octanol–water partition coefficient (Wildman–Crippen LogP) is 0.297. The minimum absolute atomic E-state index is 0.0919. The lowest BCUT2D eigenvalue weighted by Gasteiger charge is -1.90. The lowest BCUT2D eigenvalue weighted by atomic mass is 10.7. The van der Waals surface area contributed by atoms with Crippen LogP contribution in [0.25, 0.3) is 0 Å². The van der Waals surface area contributed by atoms with Gasteiger partial charge in [-0.3, -0.25) is 0 Å². The van der Waals surface area contributed by atoms with Gasteiger partial charge in [-0.05, 0) is 0 Å². The summed E-state index contributed by atoms with van der Waals surface area (Å²) in [6.07, 6.45) is 3.16. The maximum Gasteiger partial charge on any atom is 0.0838 e. The molecule has 0 fully saturated rings. The molecule has 1 rings (SSSR count). The summed E-state index contributed by atoms with van der Waals surface area (Å²) in [5.41, 5.74) is 0. The quantitative estimate of drug-likeness (QED) is 0.647. The molecule has 0 atom stereocenters. The van der Waals surface area contributed by atoms with Gasteiger partial charge in [0.15, 0.2) is 0 Å². The predicted molar refractivity (Wildman–Crippen MR) is 38.5 cm³/mol. The number of nitrogens with zero attached hydrogens (tertiary/aromatic N) is 3. The molecule has 0 aliphatic carbocycles. The second-order valence-corrected chi connectivity index (χ2v) is 1.35. The Labute approximate surface area is 60.5 Å². The largest absolute Gasteiger partial charge is 0.394 e. The van der Waals surface area contributed by atoms with Crippen LogP contribution in [0.3, 0.4) is 0 Å². The number of aromatic nitrogens is 3. The molecule has 1 heterocycles. The maximum absolute atomic E-state index is 8.34. The van der Waals surface area contributed by atoms with Gasteiger partial charge in [-0.15, -0.1) is 0 Å². The Morgan fingerprint density at radius 2 is 1.80 bits per heavy atom. The van der Waals surface area contributed by atoms with Crippen LogP contribution in [0.5, 0.6) is 0 Å². The number of hydrogen-bond donors (Lipinski definition) is 1. The van der Waals surface area contributed by atoms with Crippen molar-refractivity contribution in [3.8, 4) is 0 Å². The van der Waals surface area contributed by atoms with Crippen molar-refractivity contribution in [1.29, 1.82) is 0 Å². The Bertz CT molecular complexity index is 139. The van der Waals surface area contributed by atoms with Gasteiger partial charge in [-0.2, -0.15) is 15.0 Å². The monoisotopic (exact) mass is 143 g/mol. The van der Waals surface area contributed by atoms with Crippen molar-refractivity contribution in [1.82, 2.24) is 15.0 Å². The zero-order valence-corrected chi connectivity index (χ0v) is 6.36. The SMILES string of the molecule is CC.OCCn1nccn1. The van der Waals surface area contributed by atoms with Gasteiger partial charge in [0.1, 0.15) is 0 Å². The summed E-state index contributed by atoms with van der Waals surface area (Å²) in [4.78, 5) is 1.43. The number of aliphatic hydroxyl groups excluding tert-OH is 1. The van der Waals surface area contributed by atoms with Crippen LogP contribution in [0.15, 0.2) is 12.4 Å². The number of hydrogen-bond acceptors (Lipinski definition) is 3. The minimum Gasteiger partial charge on any atom is -0.394 e. The first-order chi connectivity index (χ1) is 4.93. The van der Waals surface area contributed by atoms with E-state index < -0.39 is 0 Å². The molecule has 10 heavy (non-hydrogen) atoms. The molecule has 0 radical (unpaired) electrons. The molecule has 0 saturated heterocycles. The van der Waals surface area contributed by atoms with E-state index in [-0.39, 0.29) is 6.61 Å². The third-order valence-corrected chi connectivity index (χ3v) is 0.767. The maximum atomic E-state index is 8.34. The van der Waals surface area contributed by atoms with E-state index in [1.54, 1.807) is 12.4 Å². The molecule has 1 N–H and O–H groups in total. The molecule has 1 aromatic heterocycles. The van der Waals surface area contributed by atoms with Gasteiger partial charge in [0.25, 0.3) is 0 Å². The van der Waals surface area contributed by atoms with E-state index in [1.807, 2.05) is 13.8 Å². The standard InChI is InChI=1S/C4H7N3O.C2H6/c8-4-3-7-5-1-2-6-7;1-2/h1-2,8H,3-4H2;1-2H3. The summed E-state index contributed by atoms with van der Waals surface area (Å²) in [7, 11) is 0. The van der Waals surface area contributed by atoms with Crippen LogP contribution >= 0.6 is 0 Å². The van der Waals surface area contributed by atoms with Crippen LogP contribution in [0.4, 0.5) is 0 Å². The third kappa shape index (κ3) is 3.19. The van der Waals surface area contributed by atoms with Crippen LogP contribution in [-0.2, 0) is 6.54 Å². The Balaban J connectivity index is 0.000000371. The summed E-state index contributed by atoms with van der Waals surface area (Å²) >= 11 is 0. The van der Waals surface area contributed by atoms with E-state index in [9.17, 15) is 0 Å². The van der Waals surface area contributed by atoms with Gasteiger partial charge >= 0.3 is 0 Å². The van der Waals surface area contributed by atoms with Gasteiger partial charge in [0.05, 0.1) is 25.5 Å². The molecule has 4 nitrogen and oxygen atoms in total. The van der Waals surface area contributed by atoms with E-state index in [4.69, 9.17) is 5.11 Å². The average molecular weight is 143 g/mol. The smallest absolute Gasteiger partial charge is 0.0838 e. The highest BCUT2D eigenvalue weighted by Gasteiger charge is 1.84. The fraction of sp³-hybridized carbons (Fsp3) is 0.667. The van der Waals surface area contributed by atoms with Crippen molar-refractivity contribution in [3.63, 3.8) is 0 Å². The summed E-state index contributed by atoms with van der Waals surface area (Å²) in [5, 5.41) is 15.8. The van der Waals surface area contributed by atoms with Crippen molar-refractivity contribution in [3.05, 3.63) is 12.4 Å². The lowest BCUT2D eigenvalue weighted by Crippen LogP contribution is -2.04. The minimum atomic E-state index is 0.0919. The topological polar surface area (TPSA) is 50.9 Å². The zero-order chi connectivity index (χ0) is 7.82. The molecule has 0 saturated carbocycles. The molecule has 0 spiro atoms. The summed E-state index contributed by atoms with van der Waals surface area (Å²) < 4.78 is 0. The molecule has 0 aliphatic heterocycles. The average Bonchev–Trinajstić information content (AvgIpc) is 2.46. The Morgan fingerprint density at radius 3 is 2.20 bits per heavy atom. The molecular formula is C6H13N3O. The van der Waals surface area contributed by atoms with Crippen LogP contribution in [0.1, 0.15) is 13.8 Å². The Hall–Kier alpha value is -0.900. The van der Waals surface area contributed by atoms with Crippen LogP contribution in [0, 0.1) is 0 Å². The van der Waals surface area contributed by atoms with Crippen molar-refractivity contribution < 1.29 is 5.11 Å². The van der Waals surface area contributed by atoms with Crippen molar-refractivity contribution in [2.24, 2.45) is 0 Å². The molecule has 0 aliphatic rings. The Kier molecular flexibility index (Phi) is 5.66. The van der Waals surface area contributed by atoms with E-state index in [1.165, 1.54) is 4.80 Å². The van der Waals surface area contributed by atoms with Crippen LogP contribution in [-0.4, -0.2) is 26.7 Å². The van der Waals surface area contributed by atoms with E-state index in [0.29, 0.717) is 6.54 Å². The summed E-state index contributed by atoms with van der Waals surface area (Å²) in [6.45, 7) is 4.57. The molecule has 4 heteroatoms. The first-order valence-corrected chi connectivity index (χ1v) is 3.38. The number of rotatable bonds is 2.